The van der Waals surface area contributed by atoms with Crippen molar-refractivity contribution in [1.29, 1.82) is 0 Å². The summed E-state index contributed by atoms with van der Waals surface area (Å²) >= 11 is 0. The molecule has 2 fully saturated rings. The first kappa shape index (κ1) is 7.53. The Hall–Kier alpha value is -0.120. The van der Waals surface area contributed by atoms with Gasteiger partial charge >= 0.3 is 0 Å². The molecular formula is C8H14O3. The number of ether oxygens (including phenoxy) is 2. The van der Waals surface area contributed by atoms with E-state index in [1.54, 1.807) is 0 Å². The second kappa shape index (κ2) is 2.44. The quantitative estimate of drug-likeness (QED) is 0.599. The fourth-order valence-electron chi connectivity index (χ4n) is 2.14. The van der Waals surface area contributed by atoms with E-state index in [9.17, 15) is 0 Å². The zero-order valence-corrected chi connectivity index (χ0v) is 6.75. The molecule has 1 N–H and O–H groups in total. The highest BCUT2D eigenvalue weighted by atomic mass is 16.7. The first-order valence-corrected chi connectivity index (χ1v) is 4.17. The lowest BCUT2D eigenvalue weighted by atomic mass is 9.69. The van der Waals surface area contributed by atoms with Crippen LogP contribution in [-0.2, 0) is 9.47 Å². The van der Waals surface area contributed by atoms with E-state index in [0.717, 1.165) is 6.42 Å². The van der Waals surface area contributed by atoms with Crippen molar-refractivity contribution in [3.63, 3.8) is 0 Å². The van der Waals surface area contributed by atoms with Gasteiger partial charge in [-0.15, -0.1) is 0 Å². The SMILES string of the molecule is C[C@@H]1CC2(OCCO2)[C@@H]1CO. The molecule has 3 heteroatoms. The Kier molecular flexibility index (Phi) is 1.67. The van der Waals surface area contributed by atoms with Gasteiger partial charge in [0.25, 0.3) is 0 Å². The molecule has 0 bridgehead atoms. The van der Waals surface area contributed by atoms with Crippen molar-refractivity contribution < 1.29 is 14.6 Å². The van der Waals surface area contributed by atoms with Crippen LogP contribution in [0.3, 0.4) is 0 Å². The highest BCUT2D eigenvalue weighted by Crippen LogP contribution is 2.48. The Labute approximate surface area is 66.3 Å². The van der Waals surface area contributed by atoms with E-state index in [1.165, 1.54) is 0 Å². The molecule has 1 heterocycles. The molecule has 3 nitrogen and oxygen atoms in total. The third-order valence-electron chi connectivity index (χ3n) is 2.83. The van der Waals surface area contributed by atoms with Gasteiger partial charge in [-0.3, -0.25) is 0 Å². The number of hydrogen-bond donors (Lipinski definition) is 1. The Bertz CT molecular complexity index is 151. The van der Waals surface area contributed by atoms with Crippen molar-refractivity contribution >= 4 is 0 Å². The fraction of sp³-hybridized carbons (Fsp3) is 1.00. The third kappa shape index (κ3) is 0.916. The number of hydrogen-bond acceptors (Lipinski definition) is 3. The summed E-state index contributed by atoms with van der Waals surface area (Å²) in [5.41, 5.74) is 0. The summed E-state index contributed by atoms with van der Waals surface area (Å²) in [6, 6.07) is 0. The van der Waals surface area contributed by atoms with Crippen molar-refractivity contribution in [2.24, 2.45) is 11.8 Å². The first-order valence-electron chi connectivity index (χ1n) is 4.17. The molecule has 0 unspecified atom stereocenters. The van der Waals surface area contributed by atoms with Crippen molar-refractivity contribution in [2.45, 2.75) is 19.1 Å². The maximum absolute atomic E-state index is 9.02. The molecule has 0 amide bonds. The summed E-state index contributed by atoms with van der Waals surface area (Å²) < 4.78 is 10.9. The Morgan fingerprint density at radius 1 is 1.45 bits per heavy atom. The second-order valence-electron chi connectivity index (χ2n) is 3.48. The van der Waals surface area contributed by atoms with Crippen LogP contribution in [-0.4, -0.2) is 30.7 Å². The van der Waals surface area contributed by atoms with Gasteiger partial charge in [-0.25, -0.2) is 0 Å². The van der Waals surface area contributed by atoms with Crippen molar-refractivity contribution in [3.8, 4) is 0 Å². The lowest BCUT2D eigenvalue weighted by molar-refractivity contribution is -0.279. The summed E-state index contributed by atoms with van der Waals surface area (Å²) in [6.07, 6.45) is 0.943. The zero-order chi connectivity index (χ0) is 7.90. The van der Waals surface area contributed by atoms with E-state index < -0.39 is 5.79 Å². The van der Waals surface area contributed by atoms with Crippen LogP contribution in [0.25, 0.3) is 0 Å². The standard InChI is InChI=1S/C8H14O3/c1-6-4-8(7(6)5-9)10-2-3-11-8/h6-7,9H,2-5H2,1H3/t6-,7-/m1/s1. The van der Waals surface area contributed by atoms with E-state index in [4.69, 9.17) is 14.6 Å². The van der Waals surface area contributed by atoms with Gasteiger partial charge in [-0.1, -0.05) is 6.92 Å². The zero-order valence-electron chi connectivity index (χ0n) is 6.75. The second-order valence-corrected chi connectivity index (χ2v) is 3.48. The lowest BCUT2D eigenvalue weighted by Crippen LogP contribution is -2.55. The molecule has 2 atom stereocenters. The monoisotopic (exact) mass is 158 g/mol. The van der Waals surface area contributed by atoms with E-state index in [2.05, 4.69) is 6.92 Å². The molecule has 1 aliphatic heterocycles. The van der Waals surface area contributed by atoms with E-state index >= 15 is 0 Å². The summed E-state index contributed by atoms with van der Waals surface area (Å²) in [7, 11) is 0. The van der Waals surface area contributed by atoms with Crippen LogP contribution < -0.4 is 0 Å². The number of aliphatic hydroxyl groups is 1. The fourth-order valence-corrected chi connectivity index (χ4v) is 2.14. The molecule has 0 aromatic heterocycles. The summed E-state index contributed by atoms with van der Waals surface area (Å²) in [5, 5.41) is 9.02. The van der Waals surface area contributed by atoms with Crippen LogP contribution in [0.4, 0.5) is 0 Å². The number of aliphatic hydroxyl groups excluding tert-OH is 1. The maximum atomic E-state index is 9.02. The smallest absolute Gasteiger partial charge is 0.173 e. The number of rotatable bonds is 1. The van der Waals surface area contributed by atoms with Crippen LogP contribution in [0.15, 0.2) is 0 Å². The normalized spacial score (nSPS) is 40.9. The van der Waals surface area contributed by atoms with E-state index in [0.29, 0.717) is 19.1 Å². The van der Waals surface area contributed by atoms with Crippen molar-refractivity contribution in [1.82, 2.24) is 0 Å². The van der Waals surface area contributed by atoms with Gasteiger partial charge in [0.05, 0.1) is 19.8 Å². The molecule has 1 aliphatic carbocycles. The molecule has 1 spiro atoms. The topological polar surface area (TPSA) is 38.7 Å². The molecule has 0 aromatic carbocycles. The first-order chi connectivity index (χ1) is 5.28. The third-order valence-corrected chi connectivity index (χ3v) is 2.83. The van der Waals surface area contributed by atoms with Gasteiger partial charge in [-0.05, 0) is 5.92 Å². The van der Waals surface area contributed by atoms with Gasteiger partial charge in [0.2, 0.25) is 0 Å². The molecular weight excluding hydrogens is 144 g/mol. The van der Waals surface area contributed by atoms with E-state index in [-0.39, 0.29) is 12.5 Å². The van der Waals surface area contributed by atoms with E-state index in [1.807, 2.05) is 0 Å². The van der Waals surface area contributed by atoms with Crippen LogP contribution in [0.2, 0.25) is 0 Å². The molecule has 0 radical (unpaired) electrons. The van der Waals surface area contributed by atoms with Gasteiger partial charge in [0, 0.05) is 12.3 Å². The molecule has 2 aliphatic rings. The van der Waals surface area contributed by atoms with Crippen LogP contribution >= 0.6 is 0 Å². The van der Waals surface area contributed by atoms with Crippen molar-refractivity contribution in [2.75, 3.05) is 19.8 Å². The van der Waals surface area contributed by atoms with Gasteiger partial charge < -0.3 is 14.6 Å². The Morgan fingerprint density at radius 3 is 2.55 bits per heavy atom. The van der Waals surface area contributed by atoms with Crippen LogP contribution in [0.1, 0.15) is 13.3 Å². The minimum absolute atomic E-state index is 0.182. The minimum atomic E-state index is -0.395. The summed E-state index contributed by atoms with van der Waals surface area (Å²) in [6.45, 7) is 3.67. The van der Waals surface area contributed by atoms with Crippen LogP contribution in [0.5, 0.6) is 0 Å². The Morgan fingerprint density at radius 2 is 2.09 bits per heavy atom. The maximum Gasteiger partial charge on any atom is 0.173 e. The molecule has 0 aromatic rings. The molecule has 11 heavy (non-hydrogen) atoms. The Balaban J connectivity index is 2.04. The van der Waals surface area contributed by atoms with Gasteiger partial charge in [0.1, 0.15) is 0 Å². The molecule has 2 rings (SSSR count). The highest BCUT2D eigenvalue weighted by Gasteiger charge is 2.55. The van der Waals surface area contributed by atoms with Gasteiger partial charge in [0.15, 0.2) is 5.79 Å². The average molecular weight is 158 g/mol. The summed E-state index contributed by atoms with van der Waals surface area (Å²) in [5.74, 6) is 0.344. The van der Waals surface area contributed by atoms with Crippen molar-refractivity contribution in [3.05, 3.63) is 0 Å². The lowest BCUT2D eigenvalue weighted by Gasteiger charge is -2.48. The highest BCUT2D eigenvalue weighted by molar-refractivity contribution is 4.96. The molecule has 1 saturated heterocycles. The average Bonchev–Trinajstić information content (AvgIpc) is 2.38. The van der Waals surface area contributed by atoms with Gasteiger partial charge in [-0.2, -0.15) is 0 Å². The predicted molar refractivity (Wildman–Crippen MR) is 39.0 cm³/mol. The largest absolute Gasteiger partial charge is 0.396 e. The van der Waals surface area contributed by atoms with Crippen LogP contribution in [0, 0.1) is 11.8 Å². The summed E-state index contributed by atoms with van der Waals surface area (Å²) in [4.78, 5) is 0. The molecule has 64 valence electrons. The minimum Gasteiger partial charge on any atom is -0.396 e. The molecule has 1 saturated carbocycles. The predicted octanol–water partition coefficient (Wildman–Crippen LogP) is 0.378.